The molecule has 0 radical (unpaired) electrons. The Morgan fingerprint density at radius 1 is 1.30 bits per heavy atom. The Hall–Kier alpha value is -1.42. The molecule has 0 aromatic carbocycles. The summed E-state index contributed by atoms with van der Waals surface area (Å²) in [4.78, 5) is 17.7. The fourth-order valence-electron chi connectivity index (χ4n) is 1.88. The Balaban J connectivity index is 1.87. The van der Waals surface area contributed by atoms with Crippen LogP contribution in [-0.2, 0) is 11.0 Å². The van der Waals surface area contributed by atoms with Crippen LogP contribution in [0.5, 0.6) is 0 Å². The lowest BCUT2D eigenvalue weighted by atomic mass is 10.3. The SMILES string of the molecule is O=C(O)CCN1CCN(c2nc(C(F)(F)F)ns2)CC1. The molecule has 0 atom stereocenters. The van der Waals surface area contributed by atoms with E-state index < -0.39 is 18.0 Å². The van der Waals surface area contributed by atoms with Gasteiger partial charge in [-0.3, -0.25) is 9.69 Å². The molecule has 0 bridgehead atoms. The van der Waals surface area contributed by atoms with Crippen molar-refractivity contribution < 1.29 is 23.1 Å². The highest BCUT2D eigenvalue weighted by atomic mass is 32.1. The van der Waals surface area contributed by atoms with Crippen LogP contribution < -0.4 is 4.90 Å². The zero-order valence-electron chi connectivity index (χ0n) is 10.4. The van der Waals surface area contributed by atoms with Gasteiger partial charge in [-0.05, 0) is 0 Å². The first-order valence-corrected chi connectivity index (χ1v) is 6.73. The normalized spacial score (nSPS) is 17.4. The van der Waals surface area contributed by atoms with Crippen LogP contribution in [-0.4, -0.2) is 58.1 Å². The van der Waals surface area contributed by atoms with Crippen molar-refractivity contribution in [2.24, 2.45) is 0 Å². The molecule has 2 heterocycles. The second kappa shape index (κ2) is 5.92. The van der Waals surface area contributed by atoms with Gasteiger partial charge in [0.25, 0.3) is 0 Å². The molecular weight excluding hydrogens is 297 g/mol. The predicted molar refractivity (Wildman–Crippen MR) is 65.8 cm³/mol. The van der Waals surface area contributed by atoms with Crippen LogP contribution in [0.15, 0.2) is 0 Å². The van der Waals surface area contributed by atoms with Crippen LogP contribution in [0.1, 0.15) is 12.2 Å². The fraction of sp³-hybridized carbons (Fsp3) is 0.700. The molecule has 1 N–H and O–H groups in total. The quantitative estimate of drug-likeness (QED) is 0.900. The van der Waals surface area contributed by atoms with Crippen LogP contribution in [0.25, 0.3) is 0 Å². The summed E-state index contributed by atoms with van der Waals surface area (Å²) in [5.74, 6) is -1.96. The number of hydrogen-bond donors (Lipinski definition) is 1. The van der Waals surface area contributed by atoms with Gasteiger partial charge in [-0.15, -0.1) is 0 Å². The van der Waals surface area contributed by atoms with Crippen molar-refractivity contribution in [2.75, 3.05) is 37.6 Å². The summed E-state index contributed by atoms with van der Waals surface area (Å²) in [5.41, 5.74) is 0. The van der Waals surface area contributed by atoms with Crippen molar-refractivity contribution in [1.82, 2.24) is 14.3 Å². The maximum Gasteiger partial charge on any atom is 0.452 e. The minimum absolute atomic E-state index is 0.0665. The van der Waals surface area contributed by atoms with Crippen LogP contribution in [0.2, 0.25) is 0 Å². The van der Waals surface area contributed by atoms with Gasteiger partial charge in [-0.25, -0.2) is 0 Å². The molecule has 0 aliphatic carbocycles. The van der Waals surface area contributed by atoms with Gasteiger partial charge in [0.2, 0.25) is 11.0 Å². The highest BCUT2D eigenvalue weighted by molar-refractivity contribution is 7.09. The summed E-state index contributed by atoms with van der Waals surface area (Å²) in [6.07, 6.45) is -4.45. The Bertz CT molecular complexity index is 471. The second-order valence-corrected chi connectivity index (χ2v) is 5.10. The minimum Gasteiger partial charge on any atom is -0.481 e. The molecule has 1 aliphatic heterocycles. The Morgan fingerprint density at radius 2 is 1.95 bits per heavy atom. The number of carboxylic acids is 1. The number of halogens is 3. The van der Waals surface area contributed by atoms with Gasteiger partial charge in [0.1, 0.15) is 0 Å². The number of alkyl halides is 3. The van der Waals surface area contributed by atoms with E-state index in [1.807, 2.05) is 4.90 Å². The number of anilines is 1. The van der Waals surface area contributed by atoms with Gasteiger partial charge in [0, 0.05) is 44.3 Å². The zero-order chi connectivity index (χ0) is 14.8. The van der Waals surface area contributed by atoms with Gasteiger partial charge < -0.3 is 10.0 Å². The van der Waals surface area contributed by atoms with Crippen molar-refractivity contribution >= 4 is 22.6 Å². The predicted octanol–water partition coefficient (Wildman–Crippen LogP) is 1.15. The number of nitrogens with zero attached hydrogens (tertiary/aromatic N) is 4. The molecule has 1 aromatic heterocycles. The third kappa shape index (κ3) is 3.79. The van der Waals surface area contributed by atoms with Gasteiger partial charge in [-0.2, -0.15) is 22.5 Å². The molecule has 112 valence electrons. The Morgan fingerprint density at radius 3 is 2.45 bits per heavy atom. The van der Waals surface area contributed by atoms with E-state index in [2.05, 4.69) is 9.36 Å². The van der Waals surface area contributed by atoms with E-state index in [9.17, 15) is 18.0 Å². The van der Waals surface area contributed by atoms with Crippen LogP contribution in [0.4, 0.5) is 18.3 Å². The molecule has 10 heteroatoms. The molecule has 0 spiro atoms. The number of carboxylic acid groups (broad SMARTS) is 1. The summed E-state index contributed by atoms with van der Waals surface area (Å²) in [7, 11) is 0. The monoisotopic (exact) mass is 310 g/mol. The number of rotatable bonds is 4. The molecule has 20 heavy (non-hydrogen) atoms. The van der Waals surface area contributed by atoms with Gasteiger partial charge >= 0.3 is 12.1 Å². The van der Waals surface area contributed by atoms with Crippen molar-refractivity contribution in [1.29, 1.82) is 0 Å². The number of aromatic nitrogens is 2. The first kappa shape index (κ1) is 15.0. The van der Waals surface area contributed by atoms with E-state index in [0.29, 0.717) is 32.7 Å². The fourth-order valence-corrected chi connectivity index (χ4v) is 2.61. The van der Waals surface area contributed by atoms with Gasteiger partial charge in [0.05, 0.1) is 6.42 Å². The number of aliphatic carboxylic acids is 1. The van der Waals surface area contributed by atoms with Crippen molar-refractivity contribution in [3.05, 3.63) is 5.82 Å². The highest BCUT2D eigenvalue weighted by Gasteiger charge is 2.36. The van der Waals surface area contributed by atoms with Crippen molar-refractivity contribution in [3.8, 4) is 0 Å². The highest BCUT2D eigenvalue weighted by Crippen LogP contribution is 2.30. The van der Waals surface area contributed by atoms with Crippen molar-refractivity contribution in [2.45, 2.75) is 12.6 Å². The molecule has 2 rings (SSSR count). The molecule has 0 unspecified atom stereocenters. The molecule has 1 fully saturated rings. The van der Waals surface area contributed by atoms with Gasteiger partial charge in [0.15, 0.2) is 0 Å². The molecule has 1 saturated heterocycles. The van der Waals surface area contributed by atoms with E-state index in [0.717, 1.165) is 11.5 Å². The first-order chi connectivity index (χ1) is 9.36. The summed E-state index contributed by atoms with van der Waals surface area (Å²) >= 11 is 0.735. The first-order valence-electron chi connectivity index (χ1n) is 5.96. The molecule has 0 amide bonds. The molecule has 0 saturated carbocycles. The summed E-state index contributed by atoms with van der Waals surface area (Å²) in [6.45, 7) is 2.70. The largest absolute Gasteiger partial charge is 0.481 e. The number of hydrogen-bond acceptors (Lipinski definition) is 6. The average molecular weight is 310 g/mol. The van der Waals surface area contributed by atoms with E-state index >= 15 is 0 Å². The van der Waals surface area contributed by atoms with Crippen LogP contribution in [0, 0.1) is 0 Å². The van der Waals surface area contributed by atoms with E-state index in [1.54, 1.807) is 4.90 Å². The molecule has 1 aliphatic rings. The third-order valence-corrected chi connectivity index (χ3v) is 3.73. The topological polar surface area (TPSA) is 69.6 Å². The summed E-state index contributed by atoms with van der Waals surface area (Å²) in [6, 6.07) is 0. The minimum atomic E-state index is -4.52. The summed E-state index contributed by atoms with van der Waals surface area (Å²) < 4.78 is 40.5. The number of carbonyl (C=O) groups is 1. The van der Waals surface area contributed by atoms with Gasteiger partial charge in [-0.1, -0.05) is 0 Å². The Kier molecular flexibility index (Phi) is 4.43. The van der Waals surface area contributed by atoms with E-state index in [4.69, 9.17) is 5.11 Å². The van der Waals surface area contributed by atoms with E-state index in [1.165, 1.54) is 0 Å². The maximum absolute atomic E-state index is 12.4. The molecule has 1 aromatic rings. The lowest BCUT2D eigenvalue weighted by molar-refractivity contribution is -0.144. The Labute approximate surface area is 117 Å². The molecule has 6 nitrogen and oxygen atoms in total. The molecular formula is C10H13F3N4O2S. The number of piperazine rings is 1. The smallest absolute Gasteiger partial charge is 0.452 e. The summed E-state index contributed by atoms with van der Waals surface area (Å²) in [5, 5.41) is 8.85. The average Bonchev–Trinajstić information content (AvgIpc) is 2.86. The van der Waals surface area contributed by atoms with Crippen LogP contribution in [0.3, 0.4) is 0 Å². The second-order valence-electron chi connectivity index (χ2n) is 4.37. The van der Waals surface area contributed by atoms with Crippen molar-refractivity contribution in [3.63, 3.8) is 0 Å². The third-order valence-electron chi connectivity index (χ3n) is 2.95. The van der Waals surface area contributed by atoms with Crippen LogP contribution >= 0.6 is 11.5 Å². The lowest BCUT2D eigenvalue weighted by Gasteiger charge is -2.33. The lowest BCUT2D eigenvalue weighted by Crippen LogP contribution is -2.46. The zero-order valence-corrected chi connectivity index (χ0v) is 11.2. The standard InChI is InChI=1S/C10H13F3N4O2S/c11-10(12,13)8-14-9(20-15-8)17-5-3-16(4-6-17)2-1-7(18)19/h1-6H2,(H,18,19). The maximum atomic E-state index is 12.4. The van der Waals surface area contributed by atoms with E-state index in [-0.39, 0.29) is 11.6 Å².